The van der Waals surface area contributed by atoms with Crippen LogP contribution in [0.4, 0.5) is 23.8 Å². The summed E-state index contributed by atoms with van der Waals surface area (Å²) < 4.78 is 41.0. The highest BCUT2D eigenvalue weighted by Crippen LogP contribution is 2.34. The molecule has 1 aromatic carbocycles. The fraction of sp³-hybridized carbons (Fsp3) is 0.542. The van der Waals surface area contributed by atoms with Crippen molar-refractivity contribution in [2.75, 3.05) is 32.0 Å². The number of anilines is 1. The maximum atomic E-state index is 14.7. The molecular weight excluding hydrogens is 481 g/mol. The van der Waals surface area contributed by atoms with Gasteiger partial charge in [-0.3, -0.25) is 0 Å². The third-order valence-corrected chi connectivity index (χ3v) is 7.59. The van der Waals surface area contributed by atoms with Crippen molar-refractivity contribution in [3.8, 4) is 0 Å². The van der Waals surface area contributed by atoms with Crippen LogP contribution in [-0.2, 0) is 13.1 Å². The van der Waals surface area contributed by atoms with Crippen LogP contribution in [0.25, 0.3) is 0 Å². The molecule has 1 N–H and O–H groups in total. The molecule has 3 atom stereocenters. The van der Waals surface area contributed by atoms with Crippen molar-refractivity contribution in [2.45, 2.75) is 51.4 Å². The van der Waals surface area contributed by atoms with Gasteiger partial charge < -0.3 is 20.0 Å². The molecule has 2 unspecified atom stereocenters. The van der Waals surface area contributed by atoms with E-state index in [9.17, 15) is 18.0 Å². The van der Waals surface area contributed by atoms with Crippen molar-refractivity contribution >= 4 is 23.4 Å². The second kappa shape index (κ2) is 9.46. The average molecular weight is 509 g/mol. The van der Waals surface area contributed by atoms with Gasteiger partial charge in [0.25, 0.3) is 6.43 Å². The number of carbonyl (C=O) groups is 1. The quantitative estimate of drug-likeness (QED) is 0.599. The van der Waals surface area contributed by atoms with E-state index in [2.05, 4.69) is 27.2 Å². The summed E-state index contributed by atoms with van der Waals surface area (Å²) in [7, 11) is 2.11. The number of hydrogen-bond acceptors (Lipinski definition) is 5. The number of nitrogens with zero attached hydrogens (tertiary/aromatic N) is 5. The predicted molar refractivity (Wildman–Crippen MR) is 126 cm³/mol. The fourth-order valence-corrected chi connectivity index (χ4v) is 5.70. The Hall–Kier alpha value is -2.59. The maximum Gasteiger partial charge on any atom is 0.320 e. The molecule has 2 amide bonds. The van der Waals surface area contributed by atoms with Gasteiger partial charge in [-0.1, -0.05) is 18.2 Å². The van der Waals surface area contributed by atoms with Crippen LogP contribution < -0.4 is 5.32 Å². The monoisotopic (exact) mass is 508 g/mol. The van der Waals surface area contributed by atoms with E-state index in [4.69, 9.17) is 11.6 Å². The van der Waals surface area contributed by atoms with Crippen molar-refractivity contribution in [2.24, 2.45) is 5.92 Å². The van der Waals surface area contributed by atoms with Crippen LogP contribution in [0.5, 0.6) is 0 Å². The molecule has 2 fully saturated rings. The first-order chi connectivity index (χ1) is 16.7. The fourth-order valence-electron chi connectivity index (χ4n) is 5.51. The van der Waals surface area contributed by atoms with Gasteiger partial charge in [-0.25, -0.2) is 27.9 Å². The zero-order chi connectivity index (χ0) is 24.9. The summed E-state index contributed by atoms with van der Waals surface area (Å²) in [6.45, 7) is 4.78. The molecule has 0 aliphatic carbocycles. The minimum Gasteiger partial charge on any atom is -0.363 e. The maximum absolute atomic E-state index is 14.7. The molecule has 0 saturated carbocycles. The molecule has 1 aromatic heterocycles. The Morgan fingerprint density at radius 2 is 1.94 bits per heavy atom. The summed E-state index contributed by atoms with van der Waals surface area (Å²) >= 11 is 6.16. The van der Waals surface area contributed by atoms with Crippen molar-refractivity contribution in [3.63, 3.8) is 0 Å². The summed E-state index contributed by atoms with van der Waals surface area (Å²) in [5.41, 5.74) is 0.786. The molecule has 11 heteroatoms. The molecule has 0 radical (unpaired) electrons. The highest BCUT2D eigenvalue weighted by atomic mass is 35.5. The molecule has 5 rings (SSSR count). The second-order valence-corrected chi connectivity index (χ2v) is 10.1. The number of nitrogens with one attached hydrogen (secondary N) is 1. The predicted octanol–water partition coefficient (Wildman–Crippen LogP) is 4.84. The van der Waals surface area contributed by atoms with E-state index < -0.39 is 23.8 Å². The summed E-state index contributed by atoms with van der Waals surface area (Å²) in [6, 6.07) is 3.61. The highest BCUT2D eigenvalue weighted by molar-refractivity contribution is 6.28. The number of fused-ring (bicyclic) bond motifs is 3. The molecule has 3 aliphatic rings. The zero-order valence-electron chi connectivity index (χ0n) is 19.6. The Labute approximate surface area is 207 Å². The smallest absolute Gasteiger partial charge is 0.320 e. The number of urea groups is 1. The van der Waals surface area contributed by atoms with Crippen LogP contribution in [0.2, 0.25) is 5.28 Å². The zero-order valence-corrected chi connectivity index (χ0v) is 20.4. The lowest BCUT2D eigenvalue weighted by Gasteiger charge is -2.32. The van der Waals surface area contributed by atoms with E-state index in [-0.39, 0.29) is 16.9 Å². The largest absolute Gasteiger partial charge is 0.363 e. The number of hydrogen-bond donors (Lipinski definition) is 1. The lowest BCUT2D eigenvalue weighted by atomic mass is 10.0. The summed E-state index contributed by atoms with van der Waals surface area (Å²) in [6.07, 6.45) is -0.794. The topological polar surface area (TPSA) is 64.6 Å². The van der Waals surface area contributed by atoms with Crippen molar-refractivity contribution in [1.29, 1.82) is 0 Å². The molecule has 7 nitrogen and oxygen atoms in total. The number of amides is 2. The van der Waals surface area contributed by atoms with Gasteiger partial charge in [0.15, 0.2) is 0 Å². The lowest BCUT2D eigenvalue weighted by Crippen LogP contribution is -2.47. The molecule has 35 heavy (non-hydrogen) atoms. The van der Waals surface area contributed by atoms with Gasteiger partial charge in [-0.2, -0.15) is 0 Å². The van der Waals surface area contributed by atoms with E-state index in [1.807, 2.05) is 4.90 Å². The minimum absolute atomic E-state index is 0.00302. The Balaban J connectivity index is 1.34. The van der Waals surface area contributed by atoms with Gasteiger partial charge in [0.1, 0.15) is 11.6 Å². The van der Waals surface area contributed by atoms with Crippen LogP contribution >= 0.6 is 11.6 Å². The number of likely N-dealkylation sites (N-methyl/N-ethyl adjacent to an activating group) is 1. The van der Waals surface area contributed by atoms with Gasteiger partial charge in [-0.05, 0) is 44.3 Å². The Morgan fingerprint density at radius 3 is 2.71 bits per heavy atom. The third-order valence-electron chi connectivity index (χ3n) is 7.42. The van der Waals surface area contributed by atoms with E-state index in [0.29, 0.717) is 48.7 Å². The van der Waals surface area contributed by atoms with E-state index in [1.165, 1.54) is 12.1 Å². The van der Waals surface area contributed by atoms with Gasteiger partial charge >= 0.3 is 6.03 Å². The minimum atomic E-state index is -2.91. The number of rotatable bonds is 4. The van der Waals surface area contributed by atoms with E-state index >= 15 is 0 Å². The van der Waals surface area contributed by atoms with Crippen molar-refractivity contribution in [1.82, 2.24) is 24.7 Å². The third kappa shape index (κ3) is 4.65. The van der Waals surface area contributed by atoms with Crippen LogP contribution in [0, 0.1) is 11.7 Å². The second-order valence-electron chi connectivity index (χ2n) is 9.75. The highest BCUT2D eigenvalue weighted by Gasteiger charge is 2.38. The number of halogens is 4. The van der Waals surface area contributed by atoms with Crippen LogP contribution in [0.1, 0.15) is 54.6 Å². The Kier molecular flexibility index (Phi) is 6.52. The first-order valence-corrected chi connectivity index (χ1v) is 12.2. The van der Waals surface area contributed by atoms with Crippen LogP contribution in [0.15, 0.2) is 18.2 Å². The van der Waals surface area contributed by atoms with Crippen LogP contribution in [-0.4, -0.2) is 63.4 Å². The molecule has 2 bridgehead atoms. The SMILES string of the molecule is C[C@@H](Nc1nc(Cl)nc2c1CN(C(=O)N1CCC3CC(C1)N(C)C3)C2)c1cccc(C(F)F)c1F. The van der Waals surface area contributed by atoms with Crippen LogP contribution in [0.3, 0.4) is 0 Å². The first-order valence-electron chi connectivity index (χ1n) is 11.8. The van der Waals surface area contributed by atoms with Gasteiger partial charge in [0, 0.05) is 36.8 Å². The van der Waals surface area contributed by atoms with E-state index in [1.54, 1.807) is 11.8 Å². The standard InChI is InChI=1S/C24H28ClF3N6O/c1-13(16-4-3-5-17(20(16)26)21(27)28)29-22-18-11-34(12-19(18)30-23(25)31-22)24(35)33-7-6-14-8-15(10-33)32(2)9-14/h3-5,13-15,21H,6-12H2,1-2H3,(H,29,30,31)/t13-,14?,15?/m1/s1. The van der Waals surface area contributed by atoms with Crippen molar-refractivity contribution < 1.29 is 18.0 Å². The number of likely N-dealkylation sites (tertiary alicyclic amines) is 2. The van der Waals surface area contributed by atoms with E-state index in [0.717, 1.165) is 32.0 Å². The van der Waals surface area contributed by atoms with Crippen molar-refractivity contribution in [3.05, 3.63) is 51.7 Å². The molecule has 0 spiro atoms. The normalized spacial score (nSPS) is 22.9. The first kappa shape index (κ1) is 24.1. The molecule has 188 valence electrons. The summed E-state index contributed by atoms with van der Waals surface area (Å²) in [4.78, 5) is 28.0. The molecular formula is C24H28ClF3N6O. The molecule has 2 aromatic rings. The number of carbonyl (C=O) groups excluding carboxylic acids is 1. The average Bonchev–Trinajstić information content (AvgIpc) is 3.31. The Bertz CT molecular complexity index is 1130. The molecule has 3 aliphatic heterocycles. The number of alkyl halides is 2. The lowest BCUT2D eigenvalue weighted by molar-refractivity contribution is 0.134. The Morgan fingerprint density at radius 1 is 1.17 bits per heavy atom. The number of benzene rings is 1. The molecule has 4 heterocycles. The van der Waals surface area contributed by atoms with Gasteiger partial charge in [-0.15, -0.1) is 0 Å². The van der Waals surface area contributed by atoms with Gasteiger partial charge in [0.05, 0.1) is 30.4 Å². The summed E-state index contributed by atoms with van der Waals surface area (Å²) in [5.74, 6) is 0.0559. The van der Waals surface area contributed by atoms with Gasteiger partial charge in [0.2, 0.25) is 5.28 Å². The number of aromatic nitrogens is 2. The summed E-state index contributed by atoms with van der Waals surface area (Å²) in [5, 5.41) is 3.11. The molecule has 2 saturated heterocycles.